The molecular weight excluding hydrogens is 280 g/mol. The molecule has 118 valence electrons. The van der Waals surface area contributed by atoms with Gasteiger partial charge in [-0.1, -0.05) is 13.8 Å². The van der Waals surface area contributed by atoms with Crippen molar-refractivity contribution >= 4 is 16.1 Å². The maximum absolute atomic E-state index is 11.8. The highest BCUT2D eigenvalue weighted by atomic mass is 32.2. The minimum absolute atomic E-state index is 0.0956. The summed E-state index contributed by atoms with van der Waals surface area (Å²) in [6.07, 6.45) is 1.62. The number of esters is 1. The minimum Gasteiger partial charge on any atom is -0.460 e. The largest absolute Gasteiger partial charge is 0.460 e. The van der Waals surface area contributed by atoms with Crippen LogP contribution in [0.3, 0.4) is 0 Å². The Labute approximate surface area is 121 Å². The van der Waals surface area contributed by atoms with Crippen molar-refractivity contribution in [1.29, 1.82) is 0 Å². The summed E-state index contributed by atoms with van der Waals surface area (Å²) in [5, 5.41) is 0. The number of carbonyl (C=O) groups is 1. The zero-order chi connectivity index (χ0) is 15.8. The van der Waals surface area contributed by atoms with E-state index in [1.807, 2.05) is 34.6 Å². The Kier molecular flexibility index (Phi) is 4.91. The maximum atomic E-state index is 11.8. The lowest BCUT2D eigenvalue weighted by molar-refractivity contribution is -0.161. The zero-order valence-electron chi connectivity index (χ0n) is 13.0. The Balaban J connectivity index is 2.47. The van der Waals surface area contributed by atoms with Crippen LogP contribution < -0.4 is 0 Å². The molecule has 0 amide bonds. The van der Waals surface area contributed by atoms with Gasteiger partial charge >= 0.3 is 5.97 Å². The van der Waals surface area contributed by atoms with Gasteiger partial charge in [0.05, 0.1) is 5.75 Å². The molecule has 0 heterocycles. The van der Waals surface area contributed by atoms with Gasteiger partial charge in [0.2, 0.25) is 0 Å². The summed E-state index contributed by atoms with van der Waals surface area (Å²) < 4.78 is 35.7. The Morgan fingerprint density at radius 1 is 1.30 bits per heavy atom. The summed E-state index contributed by atoms with van der Waals surface area (Å²) in [4.78, 5) is 11.8. The fraction of sp³-hybridized carbons (Fsp3) is 0.929. The third kappa shape index (κ3) is 5.05. The van der Waals surface area contributed by atoms with E-state index in [-0.39, 0.29) is 29.0 Å². The van der Waals surface area contributed by atoms with Crippen molar-refractivity contribution in [3.05, 3.63) is 0 Å². The Morgan fingerprint density at radius 2 is 1.85 bits per heavy atom. The van der Waals surface area contributed by atoms with Crippen LogP contribution >= 0.6 is 0 Å². The highest BCUT2D eigenvalue weighted by Gasteiger charge is 2.48. The summed E-state index contributed by atoms with van der Waals surface area (Å²) in [6.45, 7) is 9.60. The summed E-state index contributed by atoms with van der Waals surface area (Å²) in [6, 6.07) is 0. The first kappa shape index (κ1) is 17.4. The molecule has 5 nitrogen and oxygen atoms in total. The van der Waals surface area contributed by atoms with Gasteiger partial charge in [-0.15, -0.1) is 0 Å². The number of ether oxygens (including phenoxy) is 1. The lowest BCUT2D eigenvalue weighted by atomic mass is 9.53. The van der Waals surface area contributed by atoms with Crippen molar-refractivity contribution in [2.75, 3.05) is 5.75 Å². The van der Waals surface area contributed by atoms with Gasteiger partial charge in [-0.25, -0.2) is 0 Å². The van der Waals surface area contributed by atoms with Gasteiger partial charge in [0.15, 0.2) is 0 Å². The molecule has 0 aliphatic heterocycles. The molecule has 1 saturated carbocycles. The first-order chi connectivity index (χ1) is 8.81. The van der Waals surface area contributed by atoms with Crippen LogP contribution in [0.15, 0.2) is 0 Å². The van der Waals surface area contributed by atoms with E-state index in [0.29, 0.717) is 12.8 Å². The average molecular weight is 306 g/mol. The second-order valence-electron chi connectivity index (χ2n) is 7.32. The monoisotopic (exact) mass is 306 g/mol. The molecule has 0 bridgehead atoms. The molecule has 0 aromatic rings. The third-order valence-electron chi connectivity index (χ3n) is 4.23. The topological polar surface area (TPSA) is 80.7 Å². The van der Waals surface area contributed by atoms with E-state index in [0.717, 1.165) is 6.42 Å². The first-order valence-electron chi connectivity index (χ1n) is 6.98. The molecule has 0 aromatic heterocycles. The van der Waals surface area contributed by atoms with Crippen molar-refractivity contribution in [2.45, 2.75) is 59.5 Å². The van der Waals surface area contributed by atoms with E-state index < -0.39 is 15.7 Å². The quantitative estimate of drug-likeness (QED) is 0.624. The van der Waals surface area contributed by atoms with E-state index in [1.54, 1.807) is 0 Å². The van der Waals surface area contributed by atoms with Crippen LogP contribution in [0.5, 0.6) is 0 Å². The molecule has 1 fully saturated rings. The van der Waals surface area contributed by atoms with E-state index >= 15 is 0 Å². The zero-order valence-corrected chi connectivity index (χ0v) is 13.8. The number of rotatable bonds is 5. The summed E-state index contributed by atoms with van der Waals surface area (Å²) >= 11 is 0. The van der Waals surface area contributed by atoms with Crippen LogP contribution in [0.1, 0.15) is 53.9 Å². The molecule has 0 unspecified atom stereocenters. The van der Waals surface area contributed by atoms with Crippen LogP contribution in [-0.2, 0) is 19.6 Å². The van der Waals surface area contributed by atoms with E-state index in [4.69, 9.17) is 9.29 Å². The maximum Gasteiger partial charge on any atom is 0.306 e. The van der Waals surface area contributed by atoms with Gasteiger partial charge in [0.1, 0.15) is 5.60 Å². The highest BCUT2D eigenvalue weighted by Crippen LogP contribution is 2.54. The van der Waals surface area contributed by atoms with Gasteiger partial charge < -0.3 is 4.74 Å². The summed E-state index contributed by atoms with van der Waals surface area (Å²) in [7, 11) is -3.90. The van der Waals surface area contributed by atoms with Crippen molar-refractivity contribution in [3.63, 3.8) is 0 Å². The lowest BCUT2D eigenvalue weighted by Crippen LogP contribution is -2.46. The third-order valence-corrected chi connectivity index (χ3v) is 4.98. The van der Waals surface area contributed by atoms with Gasteiger partial charge in [-0.05, 0) is 50.9 Å². The average Bonchev–Trinajstić information content (AvgIpc) is 2.18. The number of hydrogen-bond acceptors (Lipinski definition) is 4. The molecular formula is C14H26O5S. The fourth-order valence-electron chi connectivity index (χ4n) is 2.84. The minimum atomic E-state index is -3.90. The van der Waals surface area contributed by atoms with E-state index in [1.165, 1.54) is 0 Å². The van der Waals surface area contributed by atoms with Gasteiger partial charge in [-0.2, -0.15) is 8.42 Å². The molecule has 6 heteroatoms. The Hall–Kier alpha value is -0.620. The molecule has 1 aliphatic carbocycles. The van der Waals surface area contributed by atoms with Gasteiger partial charge in [-0.3, -0.25) is 9.35 Å². The van der Waals surface area contributed by atoms with Crippen molar-refractivity contribution in [1.82, 2.24) is 0 Å². The first-order valence-corrected chi connectivity index (χ1v) is 8.59. The molecule has 2 atom stereocenters. The molecule has 20 heavy (non-hydrogen) atoms. The molecule has 0 radical (unpaired) electrons. The molecule has 1 N–H and O–H groups in total. The lowest BCUT2D eigenvalue weighted by Gasteiger charge is -2.52. The molecule has 0 spiro atoms. The normalized spacial score (nSPS) is 25.9. The molecule has 1 aliphatic rings. The second kappa shape index (κ2) is 5.64. The predicted molar refractivity (Wildman–Crippen MR) is 76.9 cm³/mol. The Morgan fingerprint density at radius 3 is 2.25 bits per heavy atom. The van der Waals surface area contributed by atoms with Crippen molar-refractivity contribution in [2.24, 2.45) is 17.3 Å². The SMILES string of the molecule is CC(C)(C)OC(=O)C[C@H]1C[C@H](CCS(=O)(=O)O)C1(C)C. The van der Waals surface area contributed by atoms with Crippen LogP contribution in [-0.4, -0.2) is 30.3 Å². The molecule has 0 aromatic carbocycles. The Bertz CT molecular complexity index is 458. The van der Waals surface area contributed by atoms with E-state index in [9.17, 15) is 13.2 Å². The van der Waals surface area contributed by atoms with Crippen LogP contribution in [0.2, 0.25) is 0 Å². The second-order valence-corrected chi connectivity index (χ2v) is 8.89. The van der Waals surface area contributed by atoms with E-state index in [2.05, 4.69) is 0 Å². The van der Waals surface area contributed by atoms with Crippen molar-refractivity contribution in [3.8, 4) is 0 Å². The highest BCUT2D eigenvalue weighted by molar-refractivity contribution is 7.85. The van der Waals surface area contributed by atoms with Gasteiger partial charge in [0, 0.05) is 6.42 Å². The van der Waals surface area contributed by atoms with Gasteiger partial charge in [0.25, 0.3) is 10.1 Å². The van der Waals surface area contributed by atoms with Crippen LogP contribution in [0.4, 0.5) is 0 Å². The van der Waals surface area contributed by atoms with Crippen LogP contribution in [0.25, 0.3) is 0 Å². The fourth-order valence-corrected chi connectivity index (χ4v) is 3.42. The summed E-state index contributed by atoms with van der Waals surface area (Å²) in [5.74, 6) is 0.0182. The number of hydrogen-bond donors (Lipinski definition) is 1. The standard InChI is InChI=1S/C14H26O5S/c1-13(2,3)19-12(15)9-11-8-10(14(11,4)5)6-7-20(16,17)18/h10-11H,6-9H2,1-5H3,(H,16,17,18)/t10-,11+/m0/s1. The van der Waals surface area contributed by atoms with Crippen molar-refractivity contribution < 1.29 is 22.5 Å². The molecule has 0 saturated heterocycles. The summed E-state index contributed by atoms with van der Waals surface area (Å²) in [5.41, 5.74) is -0.572. The number of carbonyl (C=O) groups excluding carboxylic acids is 1. The van der Waals surface area contributed by atoms with Crippen LogP contribution in [0, 0.1) is 17.3 Å². The smallest absolute Gasteiger partial charge is 0.306 e. The predicted octanol–water partition coefficient (Wildman–Crippen LogP) is 2.66. The molecule has 1 rings (SSSR count).